The topological polar surface area (TPSA) is 64.5 Å². The Bertz CT molecular complexity index is 1020. The molecular weight excluding hydrogens is 386 g/mol. The van der Waals surface area contributed by atoms with Gasteiger partial charge in [0.25, 0.3) is 5.91 Å². The summed E-state index contributed by atoms with van der Waals surface area (Å²) in [5.41, 5.74) is 2.59. The SMILES string of the molecule is COc1ccc(C2CCCN2C(=O)c2sc(-c3ccccn3)nc2C)cc1OC. The minimum atomic E-state index is 0.0158. The van der Waals surface area contributed by atoms with E-state index < -0.39 is 0 Å². The quantitative estimate of drug-likeness (QED) is 0.620. The third-order valence-corrected chi connectivity index (χ3v) is 6.35. The molecule has 3 aromatic rings. The Morgan fingerprint density at radius 1 is 1.17 bits per heavy atom. The first-order valence-corrected chi connectivity index (χ1v) is 10.4. The van der Waals surface area contributed by atoms with Gasteiger partial charge in [0, 0.05) is 12.7 Å². The number of carbonyl (C=O) groups is 1. The number of pyridine rings is 1. The Morgan fingerprint density at radius 3 is 2.72 bits per heavy atom. The van der Waals surface area contributed by atoms with Gasteiger partial charge in [-0.15, -0.1) is 11.3 Å². The maximum atomic E-state index is 13.4. The Kier molecular flexibility index (Phi) is 5.49. The maximum absolute atomic E-state index is 13.4. The molecule has 0 radical (unpaired) electrons. The summed E-state index contributed by atoms with van der Waals surface area (Å²) in [7, 11) is 3.24. The smallest absolute Gasteiger partial charge is 0.266 e. The average Bonchev–Trinajstić information content (AvgIpc) is 3.40. The normalized spacial score (nSPS) is 16.1. The summed E-state index contributed by atoms with van der Waals surface area (Å²) in [5.74, 6) is 1.39. The number of methoxy groups -OCH3 is 2. The van der Waals surface area contributed by atoms with Crippen molar-refractivity contribution in [3.8, 4) is 22.2 Å². The van der Waals surface area contributed by atoms with Crippen LogP contribution in [0.4, 0.5) is 0 Å². The summed E-state index contributed by atoms with van der Waals surface area (Å²) in [4.78, 5) is 25.0. The van der Waals surface area contributed by atoms with Gasteiger partial charge in [-0.3, -0.25) is 9.78 Å². The molecule has 1 amide bonds. The van der Waals surface area contributed by atoms with Crippen LogP contribution in [0.2, 0.25) is 0 Å². The average molecular weight is 410 g/mol. The van der Waals surface area contributed by atoms with Crippen LogP contribution in [0.15, 0.2) is 42.6 Å². The highest BCUT2D eigenvalue weighted by molar-refractivity contribution is 7.17. The van der Waals surface area contributed by atoms with Crippen LogP contribution in [0.1, 0.15) is 39.8 Å². The fourth-order valence-corrected chi connectivity index (χ4v) is 4.74. The molecule has 1 saturated heterocycles. The molecule has 3 heterocycles. The third kappa shape index (κ3) is 3.70. The highest BCUT2D eigenvalue weighted by Crippen LogP contribution is 2.38. The van der Waals surface area contributed by atoms with Gasteiger partial charge in [-0.1, -0.05) is 12.1 Å². The number of aromatic nitrogens is 2. The lowest BCUT2D eigenvalue weighted by Gasteiger charge is -2.25. The van der Waals surface area contributed by atoms with Gasteiger partial charge in [0.15, 0.2) is 11.5 Å². The molecule has 0 spiro atoms. The number of ether oxygens (including phenoxy) is 2. The number of nitrogens with zero attached hydrogens (tertiary/aromatic N) is 3. The first-order chi connectivity index (χ1) is 14.1. The molecule has 0 aliphatic carbocycles. The minimum absolute atomic E-state index is 0.0158. The van der Waals surface area contributed by atoms with E-state index in [4.69, 9.17) is 9.47 Å². The van der Waals surface area contributed by atoms with Crippen LogP contribution < -0.4 is 9.47 Å². The number of amides is 1. The molecule has 1 aromatic carbocycles. The van der Waals surface area contributed by atoms with Crippen molar-refractivity contribution in [3.05, 3.63) is 58.7 Å². The number of carbonyl (C=O) groups excluding carboxylic acids is 1. The van der Waals surface area contributed by atoms with Gasteiger partial charge in [-0.25, -0.2) is 4.98 Å². The van der Waals surface area contributed by atoms with Crippen LogP contribution in [0.25, 0.3) is 10.7 Å². The second-order valence-electron chi connectivity index (χ2n) is 6.92. The number of thiazole rings is 1. The van der Waals surface area contributed by atoms with Gasteiger partial charge in [0.2, 0.25) is 0 Å². The highest BCUT2D eigenvalue weighted by atomic mass is 32.1. The van der Waals surface area contributed by atoms with Crippen molar-refractivity contribution >= 4 is 17.2 Å². The van der Waals surface area contributed by atoms with Gasteiger partial charge >= 0.3 is 0 Å². The van der Waals surface area contributed by atoms with Crippen LogP contribution in [0.3, 0.4) is 0 Å². The van der Waals surface area contributed by atoms with Crippen LogP contribution in [0, 0.1) is 6.92 Å². The van der Waals surface area contributed by atoms with E-state index in [1.165, 1.54) is 11.3 Å². The van der Waals surface area contributed by atoms with E-state index in [2.05, 4.69) is 9.97 Å². The molecule has 1 atom stereocenters. The van der Waals surface area contributed by atoms with Gasteiger partial charge in [0.1, 0.15) is 9.88 Å². The van der Waals surface area contributed by atoms with Crippen LogP contribution >= 0.6 is 11.3 Å². The molecule has 0 N–H and O–H groups in total. The van der Waals surface area contributed by atoms with Crippen molar-refractivity contribution in [3.63, 3.8) is 0 Å². The van der Waals surface area contributed by atoms with Crippen molar-refractivity contribution in [2.45, 2.75) is 25.8 Å². The summed E-state index contributed by atoms with van der Waals surface area (Å²) in [5, 5.41) is 0.772. The minimum Gasteiger partial charge on any atom is -0.493 e. The molecule has 4 rings (SSSR count). The molecule has 6 nitrogen and oxygen atoms in total. The van der Waals surface area contributed by atoms with Gasteiger partial charge < -0.3 is 14.4 Å². The van der Waals surface area contributed by atoms with E-state index in [1.54, 1.807) is 20.4 Å². The Balaban J connectivity index is 1.63. The van der Waals surface area contributed by atoms with Crippen LogP contribution in [-0.4, -0.2) is 41.5 Å². The monoisotopic (exact) mass is 409 g/mol. The van der Waals surface area contributed by atoms with E-state index in [0.29, 0.717) is 16.4 Å². The van der Waals surface area contributed by atoms with Crippen molar-refractivity contribution in [1.82, 2.24) is 14.9 Å². The second-order valence-corrected chi connectivity index (χ2v) is 7.92. The lowest BCUT2D eigenvalue weighted by atomic mass is 10.0. The lowest BCUT2D eigenvalue weighted by Crippen LogP contribution is -2.30. The lowest BCUT2D eigenvalue weighted by molar-refractivity contribution is 0.0739. The predicted octanol–water partition coefficient (Wildman–Crippen LogP) is 4.51. The van der Waals surface area contributed by atoms with E-state index in [1.807, 2.05) is 48.2 Å². The fourth-order valence-electron chi connectivity index (χ4n) is 3.74. The zero-order valence-corrected chi connectivity index (χ0v) is 17.5. The summed E-state index contributed by atoms with van der Waals surface area (Å²) < 4.78 is 10.8. The van der Waals surface area contributed by atoms with Crippen molar-refractivity contribution < 1.29 is 14.3 Å². The molecule has 7 heteroatoms. The second kappa shape index (κ2) is 8.21. The molecule has 2 aromatic heterocycles. The van der Waals surface area contributed by atoms with Crippen LogP contribution in [-0.2, 0) is 0 Å². The maximum Gasteiger partial charge on any atom is 0.266 e. The molecule has 0 saturated carbocycles. The van der Waals surface area contributed by atoms with Gasteiger partial charge in [-0.2, -0.15) is 0 Å². The zero-order valence-electron chi connectivity index (χ0n) is 16.7. The molecule has 29 heavy (non-hydrogen) atoms. The molecule has 1 aliphatic heterocycles. The Hall–Kier alpha value is -2.93. The number of hydrogen-bond donors (Lipinski definition) is 0. The Morgan fingerprint density at radius 2 is 2.00 bits per heavy atom. The molecular formula is C22H23N3O3S. The number of aryl methyl sites for hydroxylation is 1. The fraction of sp³-hybridized carbons (Fsp3) is 0.318. The number of rotatable bonds is 5. The molecule has 1 aliphatic rings. The van der Waals surface area contributed by atoms with E-state index >= 15 is 0 Å². The standard InChI is InChI=1S/C22H23N3O3S/c1-14-20(29-21(24-14)16-7-4-5-11-23-16)22(26)25-12-6-8-17(25)15-9-10-18(27-2)19(13-15)28-3/h4-5,7,9-11,13,17H,6,8,12H2,1-3H3. The first-order valence-electron chi connectivity index (χ1n) is 9.54. The van der Waals surface area contributed by atoms with Crippen molar-refractivity contribution in [1.29, 1.82) is 0 Å². The van der Waals surface area contributed by atoms with Gasteiger partial charge in [-0.05, 0) is 49.6 Å². The highest BCUT2D eigenvalue weighted by Gasteiger charge is 2.33. The molecule has 150 valence electrons. The van der Waals surface area contributed by atoms with Crippen molar-refractivity contribution in [2.75, 3.05) is 20.8 Å². The van der Waals surface area contributed by atoms with Crippen molar-refractivity contribution in [2.24, 2.45) is 0 Å². The molecule has 1 fully saturated rings. The summed E-state index contributed by atoms with van der Waals surface area (Å²) in [6, 6.07) is 11.6. The van der Waals surface area contributed by atoms with E-state index in [9.17, 15) is 4.79 Å². The summed E-state index contributed by atoms with van der Waals surface area (Å²) in [6.45, 7) is 2.62. The van der Waals surface area contributed by atoms with Crippen LogP contribution in [0.5, 0.6) is 11.5 Å². The molecule has 1 unspecified atom stereocenters. The van der Waals surface area contributed by atoms with Gasteiger partial charge in [0.05, 0.1) is 31.6 Å². The predicted molar refractivity (Wildman–Crippen MR) is 113 cm³/mol. The largest absolute Gasteiger partial charge is 0.493 e. The number of benzene rings is 1. The molecule has 0 bridgehead atoms. The first kappa shape index (κ1) is 19.4. The number of hydrogen-bond acceptors (Lipinski definition) is 6. The zero-order chi connectivity index (χ0) is 20.4. The van der Waals surface area contributed by atoms with E-state index in [-0.39, 0.29) is 11.9 Å². The summed E-state index contributed by atoms with van der Waals surface area (Å²) >= 11 is 1.41. The third-order valence-electron chi connectivity index (χ3n) is 5.18. The van der Waals surface area contributed by atoms with E-state index in [0.717, 1.165) is 41.3 Å². The Labute approximate surface area is 174 Å². The summed E-state index contributed by atoms with van der Waals surface area (Å²) in [6.07, 6.45) is 3.63. The number of likely N-dealkylation sites (tertiary alicyclic amines) is 1.